The molecule has 2 saturated carbocycles. The zero-order valence-corrected chi connectivity index (χ0v) is 10.5. The van der Waals surface area contributed by atoms with Gasteiger partial charge >= 0.3 is 0 Å². The van der Waals surface area contributed by atoms with E-state index < -0.39 is 0 Å². The van der Waals surface area contributed by atoms with E-state index in [1.165, 1.54) is 12.8 Å². The predicted molar refractivity (Wildman–Crippen MR) is 67.6 cm³/mol. The van der Waals surface area contributed by atoms with Gasteiger partial charge in [0, 0.05) is 18.5 Å². The Bertz CT molecular complexity index is 407. The van der Waals surface area contributed by atoms with Crippen molar-refractivity contribution in [1.82, 2.24) is 4.90 Å². The molecule has 1 amide bonds. The highest BCUT2D eigenvalue weighted by Crippen LogP contribution is 2.34. The monoisotopic (exact) mass is 248 g/mol. The molecule has 1 atom stereocenters. The highest BCUT2D eigenvalue weighted by molar-refractivity contribution is 5.77. The Morgan fingerprint density at radius 2 is 2.22 bits per heavy atom. The molecule has 0 aliphatic heterocycles. The number of furan rings is 1. The third-order valence-electron chi connectivity index (χ3n) is 3.85. The van der Waals surface area contributed by atoms with Crippen LogP contribution < -0.4 is 5.73 Å². The second kappa shape index (κ2) is 4.76. The van der Waals surface area contributed by atoms with Crippen molar-refractivity contribution in [1.29, 1.82) is 0 Å². The first-order valence-corrected chi connectivity index (χ1v) is 6.81. The first-order chi connectivity index (χ1) is 8.74. The van der Waals surface area contributed by atoms with Crippen molar-refractivity contribution in [3.63, 3.8) is 0 Å². The Morgan fingerprint density at radius 3 is 2.78 bits per heavy atom. The second-order valence-electron chi connectivity index (χ2n) is 5.54. The molecule has 2 N–H and O–H groups in total. The first kappa shape index (κ1) is 11.8. The van der Waals surface area contributed by atoms with Crippen molar-refractivity contribution in [2.24, 2.45) is 11.7 Å². The molecule has 0 radical (unpaired) electrons. The third-order valence-corrected chi connectivity index (χ3v) is 3.85. The van der Waals surface area contributed by atoms with Crippen molar-refractivity contribution < 1.29 is 9.21 Å². The van der Waals surface area contributed by atoms with Crippen LogP contribution in [-0.2, 0) is 11.3 Å². The topological polar surface area (TPSA) is 59.5 Å². The van der Waals surface area contributed by atoms with E-state index in [2.05, 4.69) is 0 Å². The summed E-state index contributed by atoms with van der Waals surface area (Å²) in [6.45, 7) is 0.591. The largest absolute Gasteiger partial charge is 0.467 e. The maximum absolute atomic E-state index is 12.3. The summed E-state index contributed by atoms with van der Waals surface area (Å²) in [7, 11) is 0. The molecule has 0 saturated heterocycles. The summed E-state index contributed by atoms with van der Waals surface area (Å²) in [4.78, 5) is 14.2. The van der Waals surface area contributed by atoms with Crippen LogP contribution in [0.15, 0.2) is 22.8 Å². The van der Waals surface area contributed by atoms with Crippen LogP contribution in [0.1, 0.15) is 37.9 Å². The predicted octanol–water partition coefficient (Wildman–Crippen LogP) is 1.90. The number of hydrogen-bond donors (Lipinski definition) is 1. The molecule has 3 rings (SSSR count). The van der Waals surface area contributed by atoms with Gasteiger partial charge in [0.2, 0.25) is 5.91 Å². The molecule has 0 spiro atoms. The second-order valence-corrected chi connectivity index (χ2v) is 5.54. The summed E-state index contributed by atoms with van der Waals surface area (Å²) in [5.74, 6) is 1.63. The summed E-state index contributed by atoms with van der Waals surface area (Å²) < 4.78 is 5.33. The van der Waals surface area contributed by atoms with E-state index >= 15 is 0 Å². The van der Waals surface area contributed by atoms with E-state index in [0.717, 1.165) is 18.6 Å². The van der Waals surface area contributed by atoms with Gasteiger partial charge in [0.15, 0.2) is 0 Å². The lowest BCUT2D eigenvalue weighted by atomic mass is 10.1. The fourth-order valence-electron chi connectivity index (χ4n) is 2.39. The Kier molecular flexibility index (Phi) is 3.12. The molecule has 1 aromatic rings. The van der Waals surface area contributed by atoms with Crippen LogP contribution in [0.25, 0.3) is 0 Å². The average Bonchev–Trinajstić information content (AvgIpc) is 3.25. The minimum absolute atomic E-state index is 0.0513. The average molecular weight is 248 g/mol. The molecule has 1 aromatic heterocycles. The van der Waals surface area contributed by atoms with Crippen LogP contribution in [0.4, 0.5) is 0 Å². The quantitative estimate of drug-likeness (QED) is 0.836. The van der Waals surface area contributed by atoms with Gasteiger partial charge in [-0.3, -0.25) is 4.79 Å². The lowest BCUT2D eigenvalue weighted by Gasteiger charge is -2.23. The maximum atomic E-state index is 12.3. The van der Waals surface area contributed by atoms with Crippen LogP contribution in [0, 0.1) is 5.92 Å². The Morgan fingerprint density at radius 1 is 1.44 bits per heavy atom. The fourth-order valence-corrected chi connectivity index (χ4v) is 2.39. The molecular weight excluding hydrogens is 228 g/mol. The van der Waals surface area contributed by atoms with Crippen LogP contribution in [0.2, 0.25) is 0 Å². The summed E-state index contributed by atoms with van der Waals surface area (Å²) in [5, 5.41) is 0. The molecule has 4 nitrogen and oxygen atoms in total. The van der Waals surface area contributed by atoms with Gasteiger partial charge in [-0.25, -0.2) is 0 Å². The zero-order valence-electron chi connectivity index (χ0n) is 10.5. The van der Waals surface area contributed by atoms with E-state index in [4.69, 9.17) is 10.2 Å². The lowest BCUT2D eigenvalue weighted by Crippen LogP contribution is -2.37. The Labute approximate surface area is 107 Å². The molecule has 0 aromatic carbocycles. The van der Waals surface area contributed by atoms with E-state index in [0.29, 0.717) is 24.9 Å². The number of hydrogen-bond acceptors (Lipinski definition) is 3. The van der Waals surface area contributed by atoms with E-state index in [1.807, 2.05) is 17.0 Å². The van der Waals surface area contributed by atoms with Crippen molar-refractivity contribution >= 4 is 5.91 Å². The number of carbonyl (C=O) groups is 1. The fraction of sp³-hybridized carbons (Fsp3) is 0.643. The van der Waals surface area contributed by atoms with Crippen LogP contribution in [0.3, 0.4) is 0 Å². The smallest absolute Gasteiger partial charge is 0.224 e. The van der Waals surface area contributed by atoms with Gasteiger partial charge < -0.3 is 15.1 Å². The number of amides is 1. The SMILES string of the molecule is NC(CC(=O)N(Cc1ccco1)C1CC1)C1CC1. The maximum Gasteiger partial charge on any atom is 0.224 e. The summed E-state index contributed by atoms with van der Waals surface area (Å²) in [5.41, 5.74) is 6.04. The van der Waals surface area contributed by atoms with E-state index in [1.54, 1.807) is 6.26 Å². The van der Waals surface area contributed by atoms with Gasteiger partial charge in [-0.15, -0.1) is 0 Å². The Hall–Kier alpha value is -1.29. The van der Waals surface area contributed by atoms with Gasteiger partial charge in [0.25, 0.3) is 0 Å². The van der Waals surface area contributed by atoms with Crippen molar-refractivity contribution in [2.75, 3.05) is 0 Å². The number of carbonyl (C=O) groups excluding carboxylic acids is 1. The van der Waals surface area contributed by atoms with E-state index in [9.17, 15) is 4.79 Å². The third kappa shape index (κ3) is 2.75. The Balaban J connectivity index is 1.59. The normalized spacial score (nSPS) is 20.7. The number of nitrogens with zero attached hydrogens (tertiary/aromatic N) is 1. The standard InChI is InChI=1S/C14H20N2O2/c15-13(10-3-4-10)8-14(17)16(11-5-6-11)9-12-2-1-7-18-12/h1-2,7,10-11,13H,3-6,8-9,15H2. The van der Waals surface area contributed by atoms with Crippen molar-refractivity contribution in [3.8, 4) is 0 Å². The van der Waals surface area contributed by atoms with Crippen molar-refractivity contribution in [3.05, 3.63) is 24.2 Å². The minimum atomic E-state index is 0.0513. The van der Waals surface area contributed by atoms with Crippen LogP contribution >= 0.6 is 0 Å². The van der Waals surface area contributed by atoms with Gasteiger partial charge in [-0.2, -0.15) is 0 Å². The lowest BCUT2D eigenvalue weighted by molar-refractivity contribution is -0.133. The summed E-state index contributed by atoms with van der Waals surface area (Å²) >= 11 is 0. The van der Waals surface area contributed by atoms with Gasteiger partial charge in [-0.1, -0.05) is 0 Å². The summed E-state index contributed by atoms with van der Waals surface area (Å²) in [6.07, 6.45) is 6.76. The number of rotatable bonds is 6. The van der Waals surface area contributed by atoms with E-state index in [-0.39, 0.29) is 11.9 Å². The van der Waals surface area contributed by atoms with Crippen LogP contribution in [-0.4, -0.2) is 22.9 Å². The molecule has 2 fully saturated rings. The van der Waals surface area contributed by atoms with Gasteiger partial charge in [0.05, 0.1) is 12.8 Å². The molecule has 4 heteroatoms. The highest BCUT2D eigenvalue weighted by atomic mass is 16.3. The molecule has 1 unspecified atom stereocenters. The molecular formula is C14H20N2O2. The van der Waals surface area contributed by atoms with Crippen LogP contribution in [0.5, 0.6) is 0 Å². The summed E-state index contributed by atoms with van der Waals surface area (Å²) in [6, 6.07) is 4.24. The zero-order chi connectivity index (χ0) is 12.5. The first-order valence-electron chi connectivity index (χ1n) is 6.81. The molecule has 2 aliphatic rings. The van der Waals surface area contributed by atoms with Crippen molar-refractivity contribution in [2.45, 2.75) is 50.7 Å². The molecule has 18 heavy (non-hydrogen) atoms. The molecule has 2 aliphatic carbocycles. The van der Waals surface area contributed by atoms with Gasteiger partial charge in [-0.05, 0) is 43.7 Å². The molecule has 1 heterocycles. The van der Waals surface area contributed by atoms with Gasteiger partial charge in [0.1, 0.15) is 5.76 Å². The number of nitrogens with two attached hydrogens (primary N) is 1. The molecule has 98 valence electrons. The minimum Gasteiger partial charge on any atom is -0.467 e. The molecule has 0 bridgehead atoms. The highest BCUT2D eigenvalue weighted by Gasteiger charge is 2.36.